The molecule has 0 spiro atoms. The Hall–Kier alpha value is -1.30. The van der Waals surface area contributed by atoms with Crippen molar-refractivity contribution in [1.82, 2.24) is 0 Å². The molecule has 0 saturated carbocycles. The SMILES string of the molecule is N#CCCC=CCCCCCCCC(=O)O. The van der Waals surface area contributed by atoms with Gasteiger partial charge in [-0.25, -0.2) is 0 Å². The Morgan fingerprint density at radius 2 is 1.69 bits per heavy atom. The Morgan fingerprint density at radius 3 is 2.38 bits per heavy atom. The molecule has 0 aliphatic carbocycles. The summed E-state index contributed by atoms with van der Waals surface area (Å²) >= 11 is 0. The summed E-state index contributed by atoms with van der Waals surface area (Å²) in [6, 6.07) is 2.10. The number of carbonyl (C=O) groups is 1. The first-order valence-electron chi connectivity index (χ1n) is 6.01. The predicted molar refractivity (Wildman–Crippen MR) is 63.9 cm³/mol. The normalized spacial score (nSPS) is 10.4. The number of unbranched alkanes of at least 4 members (excludes halogenated alkanes) is 6. The van der Waals surface area contributed by atoms with Crippen molar-refractivity contribution in [2.24, 2.45) is 0 Å². The molecule has 0 radical (unpaired) electrons. The lowest BCUT2D eigenvalue weighted by Gasteiger charge is -1.98. The fourth-order valence-electron chi connectivity index (χ4n) is 1.45. The van der Waals surface area contributed by atoms with Crippen LogP contribution in [0, 0.1) is 11.3 Å². The highest BCUT2D eigenvalue weighted by atomic mass is 16.4. The van der Waals surface area contributed by atoms with E-state index in [4.69, 9.17) is 10.4 Å². The Labute approximate surface area is 97.8 Å². The highest BCUT2D eigenvalue weighted by Crippen LogP contribution is 2.07. The molecule has 0 heterocycles. The van der Waals surface area contributed by atoms with Crippen molar-refractivity contribution in [1.29, 1.82) is 5.26 Å². The van der Waals surface area contributed by atoms with E-state index in [-0.39, 0.29) is 0 Å². The molecule has 0 aliphatic heterocycles. The van der Waals surface area contributed by atoms with E-state index >= 15 is 0 Å². The molecule has 16 heavy (non-hydrogen) atoms. The number of allylic oxidation sites excluding steroid dienone is 2. The molecule has 0 unspecified atom stereocenters. The van der Waals surface area contributed by atoms with Crippen LogP contribution in [0.15, 0.2) is 12.2 Å². The number of nitrogens with zero attached hydrogens (tertiary/aromatic N) is 1. The smallest absolute Gasteiger partial charge is 0.303 e. The van der Waals surface area contributed by atoms with Gasteiger partial charge in [0, 0.05) is 12.8 Å². The fourth-order valence-corrected chi connectivity index (χ4v) is 1.45. The van der Waals surface area contributed by atoms with Gasteiger partial charge in [0.25, 0.3) is 0 Å². The van der Waals surface area contributed by atoms with E-state index in [9.17, 15) is 4.79 Å². The molecule has 0 fully saturated rings. The Morgan fingerprint density at radius 1 is 1.06 bits per heavy atom. The number of aliphatic carboxylic acids is 1. The van der Waals surface area contributed by atoms with Crippen LogP contribution < -0.4 is 0 Å². The highest BCUT2D eigenvalue weighted by molar-refractivity contribution is 5.66. The Bertz CT molecular complexity index is 241. The van der Waals surface area contributed by atoms with Crippen LogP contribution in [0.5, 0.6) is 0 Å². The standard InChI is InChI=1S/C13H21NO2/c14-12-10-8-6-4-2-1-3-5-7-9-11-13(15)16/h4,6H,1-3,5,7-11H2,(H,15,16). The van der Waals surface area contributed by atoms with Crippen LogP contribution in [-0.4, -0.2) is 11.1 Å². The molecular formula is C13H21NO2. The maximum Gasteiger partial charge on any atom is 0.303 e. The van der Waals surface area contributed by atoms with E-state index in [1.807, 2.05) is 0 Å². The van der Waals surface area contributed by atoms with Gasteiger partial charge in [0.2, 0.25) is 0 Å². The second-order valence-corrected chi connectivity index (χ2v) is 3.87. The van der Waals surface area contributed by atoms with Crippen molar-refractivity contribution in [2.45, 2.75) is 57.8 Å². The van der Waals surface area contributed by atoms with Gasteiger partial charge in [-0.05, 0) is 25.7 Å². The van der Waals surface area contributed by atoms with Crippen LogP contribution in [0.3, 0.4) is 0 Å². The summed E-state index contributed by atoms with van der Waals surface area (Å²) in [4.78, 5) is 10.2. The van der Waals surface area contributed by atoms with Gasteiger partial charge in [-0.15, -0.1) is 0 Å². The number of rotatable bonds is 10. The van der Waals surface area contributed by atoms with Crippen molar-refractivity contribution in [3.8, 4) is 6.07 Å². The summed E-state index contributed by atoms with van der Waals surface area (Å²) in [7, 11) is 0. The first-order chi connectivity index (χ1) is 7.77. The summed E-state index contributed by atoms with van der Waals surface area (Å²) < 4.78 is 0. The second kappa shape index (κ2) is 11.8. The Kier molecular flexibility index (Phi) is 10.8. The van der Waals surface area contributed by atoms with Crippen molar-refractivity contribution >= 4 is 5.97 Å². The highest BCUT2D eigenvalue weighted by Gasteiger charge is 1.95. The zero-order chi connectivity index (χ0) is 12.1. The molecule has 0 aromatic rings. The molecular weight excluding hydrogens is 202 g/mol. The maximum absolute atomic E-state index is 10.2. The largest absolute Gasteiger partial charge is 0.481 e. The summed E-state index contributed by atoms with van der Waals surface area (Å²) in [6.45, 7) is 0. The first-order valence-corrected chi connectivity index (χ1v) is 6.01. The molecule has 0 rings (SSSR count). The Balaban J connectivity index is 3.07. The predicted octanol–water partition coefficient (Wildman–Crippen LogP) is 3.66. The topological polar surface area (TPSA) is 61.1 Å². The minimum atomic E-state index is -0.694. The van der Waals surface area contributed by atoms with Gasteiger partial charge in [-0.3, -0.25) is 4.79 Å². The van der Waals surface area contributed by atoms with Gasteiger partial charge < -0.3 is 5.11 Å². The third-order valence-corrected chi connectivity index (χ3v) is 2.35. The lowest BCUT2D eigenvalue weighted by molar-refractivity contribution is -0.137. The van der Waals surface area contributed by atoms with E-state index in [2.05, 4.69) is 18.2 Å². The lowest BCUT2D eigenvalue weighted by atomic mass is 10.1. The zero-order valence-corrected chi connectivity index (χ0v) is 9.82. The fraction of sp³-hybridized carbons (Fsp3) is 0.692. The molecule has 3 heteroatoms. The van der Waals surface area contributed by atoms with E-state index in [1.54, 1.807) is 0 Å². The monoisotopic (exact) mass is 223 g/mol. The van der Waals surface area contributed by atoms with Crippen LogP contribution in [0.1, 0.15) is 57.8 Å². The molecule has 1 N–H and O–H groups in total. The van der Waals surface area contributed by atoms with Gasteiger partial charge in [0.1, 0.15) is 0 Å². The van der Waals surface area contributed by atoms with E-state index in [1.165, 1.54) is 6.42 Å². The van der Waals surface area contributed by atoms with E-state index in [0.717, 1.165) is 38.5 Å². The van der Waals surface area contributed by atoms with Crippen LogP contribution in [-0.2, 0) is 4.79 Å². The molecule has 0 amide bonds. The summed E-state index contributed by atoms with van der Waals surface area (Å²) in [5.41, 5.74) is 0. The van der Waals surface area contributed by atoms with Crippen molar-refractivity contribution in [3.05, 3.63) is 12.2 Å². The van der Waals surface area contributed by atoms with Crippen molar-refractivity contribution in [2.75, 3.05) is 0 Å². The number of carboxylic acids is 1. The average Bonchev–Trinajstić information content (AvgIpc) is 2.25. The first kappa shape index (κ1) is 14.7. The summed E-state index contributed by atoms with van der Waals surface area (Å²) in [5.74, 6) is -0.694. The number of hydrogen-bond donors (Lipinski definition) is 1. The summed E-state index contributed by atoms with van der Waals surface area (Å²) in [6.07, 6.45) is 12.3. The van der Waals surface area contributed by atoms with Crippen LogP contribution in [0.4, 0.5) is 0 Å². The zero-order valence-electron chi connectivity index (χ0n) is 9.82. The van der Waals surface area contributed by atoms with Gasteiger partial charge in [0.15, 0.2) is 0 Å². The average molecular weight is 223 g/mol. The van der Waals surface area contributed by atoms with Crippen LogP contribution in [0.25, 0.3) is 0 Å². The number of carboxylic acid groups (broad SMARTS) is 1. The van der Waals surface area contributed by atoms with E-state index < -0.39 is 5.97 Å². The van der Waals surface area contributed by atoms with Crippen LogP contribution in [0.2, 0.25) is 0 Å². The minimum absolute atomic E-state index is 0.300. The number of hydrogen-bond acceptors (Lipinski definition) is 2. The third kappa shape index (κ3) is 12.7. The van der Waals surface area contributed by atoms with Gasteiger partial charge >= 0.3 is 5.97 Å². The molecule has 0 atom stereocenters. The van der Waals surface area contributed by atoms with Crippen molar-refractivity contribution in [3.63, 3.8) is 0 Å². The molecule has 90 valence electrons. The third-order valence-electron chi connectivity index (χ3n) is 2.35. The van der Waals surface area contributed by atoms with Gasteiger partial charge in [-0.1, -0.05) is 31.4 Å². The van der Waals surface area contributed by atoms with Gasteiger partial charge in [-0.2, -0.15) is 5.26 Å². The maximum atomic E-state index is 10.2. The van der Waals surface area contributed by atoms with E-state index in [0.29, 0.717) is 12.8 Å². The minimum Gasteiger partial charge on any atom is -0.481 e. The van der Waals surface area contributed by atoms with Crippen molar-refractivity contribution < 1.29 is 9.90 Å². The molecule has 0 aliphatic rings. The molecule has 0 saturated heterocycles. The quantitative estimate of drug-likeness (QED) is 0.454. The molecule has 0 aromatic carbocycles. The number of nitriles is 1. The molecule has 0 aromatic heterocycles. The van der Waals surface area contributed by atoms with Crippen LogP contribution >= 0.6 is 0 Å². The lowest BCUT2D eigenvalue weighted by Crippen LogP contribution is -1.93. The van der Waals surface area contributed by atoms with Gasteiger partial charge in [0.05, 0.1) is 6.07 Å². The summed E-state index contributed by atoms with van der Waals surface area (Å²) in [5, 5.41) is 16.7. The second-order valence-electron chi connectivity index (χ2n) is 3.87. The molecule has 0 bridgehead atoms. The molecule has 3 nitrogen and oxygen atoms in total.